The lowest BCUT2D eigenvalue weighted by molar-refractivity contribution is -0.119. The van der Waals surface area contributed by atoms with Crippen LogP contribution in [0.3, 0.4) is 0 Å². The van der Waals surface area contributed by atoms with Gasteiger partial charge in [0.1, 0.15) is 18.1 Å². The Morgan fingerprint density at radius 3 is 2.70 bits per heavy atom. The summed E-state index contributed by atoms with van der Waals surface area (Å²) >= 11 is 6.12. The van der Waals surface area contributed by atoms with Crippen molar-refractivity contribution in [3.63, 3.8) is 0 Å². The summed E-state index contributed by atoms with van der Waals surface area (Å²) < 4.78 is 28.3. The van der Waals surface area contributed by atoms with Gasteiger partial charge in [0.25, 0.3) is 12.3 Å². The van der Waals surface area contributed by atoms with Crippen molar-refractivity contribution in [3.05, 3.63) is 58.6 Å². The fraction of sp³-hybridized carbons (Fsp3) is 0.294. The number of nitrogens with zero attached hydrogens (tertiary/aromatic N) is 5. The van der Waals surface area contributed by atoms with Crippen LogP contribution in [0.15, 0.2) is 36.7 Å². The van der Waals surface area contributed by atoms with Crippen molar-refractivity contribution in [2.24, 2.45) is 0 Å². The highest BCUT2D eigenvalue weighted by atomic mass is 35.5. The summed E-state index contributed by atoms with van der Waals surface area (Å²) in [5, 5.41) is 11.1. The molecule has 27 heavy (non-hydrogen) atoms. The quantitative estimate of drug-likeness (QED) is 0.692. The van der Waals surface area contributed by atoms with Gasteiger partial charge in [-0.05, 0) is 31.5 Å². The number of aryl methyl sites for hydroxylation is 1. The van der Waals surface area contributed by atoms with Gasteiger partial charge < -0.3 is 0 Å². The number of aromatic nitrogens is 5. The minimum absolute atomic E-state index is 0.109. The van der Waals surface area contributed by atoms with Crippen molar-refractivity contribution in [3.8, 4) is 0 Å². The van der Waals surface area contributed by atoms with Gasteiger partial charge in [0.2, 0.25) is 5.95 Å². The van der Waals surface area contributed by atoms with E-state index in [9.17, 15) is 13.6 Å². The van der Waals surface area contributed by atoms with E-state index in [4.69, 9.17) is 11.6 Å². The minimum Gasteiger partial charge on any atom is -0.291 e. The molecule has 7 nitrogen and oxygen atoms in total. The van der Waals surface area contributed by atoms with Crippen LogP contribution in [0.2, 0.25) is 5.02 Å². The summed E-state index contributed by atoms with van der Waals surface area (Å²) in [6.45, 7) is 3.57. The molecule has 0 fully saturated rings. The maximum atomic E-state index is 12.8. The lowest BCUT2D eigenvalue weighted by Crippen LogP contribution is -2.26. The zero-order valence-electron chi connectivity index (χ0n) is 14.6. The Morgan fingerprint density at radius 2 is 2.04 bits per heavy atom. The Bertz CT molecular complexity index is 955. The summed E-state index contributed by atoms with van der Waals surface area (Å²) in [5.41, 5.74) is 0.960. The van der Waals surface area contributed by atoms with Gasteiger partial charge in [-0.25, -0.2) is 18.4 Å². The first-order chi connectivity index (χ1) is 12.8. The van der Waals surface area contributed by atoms with Crippen LogP contribution in [0.4, 0.5) is 14.7 Å². The number of nitrogens with one attached hydrogen (secondary N) is 1. The SMILES string of the molecule is Cc1cc(C(F)F)nn1C(C)C(=O)Nc1ncn(Cc2ccccc2Cl)n1. The van der Waals surface area contributed by atoms with Gasteiger partial charge in [-0.2, -0.15) is 5.10 Å². The van der Waals surface area contributed by atoms with E-state index < -0.39 is 18.4 Å². The van der Waals surface area contributed by atoms with Gasteiger partial charge in [0.05, 0.1) is 6.54 Å². The molecule has 3 aromatic rings. The Labute approximate surface area is 159 Å². The largest absolute Gasteiger partial charge is 0.291 e. The van der Waals surface area contributed by atoms with Crippen LogP contribution in [-0.4, -0.2) is 30.5 Å². The Morgan fingerprint density at radius 1 is 1.30 bits per heavy atom. The molecule has 0 aliphatic heterocycles. The zero-order chi connectivity index (χ0) is 19.6. The number of hydrogen-bond donors (Lipinski definition) is 1. The van der Waals surface area contributed by atoms with Crippen LogP contribution in [-0.2, 0) is 11.3 Å². The molecule has 10 heteroatoms. The second-order valence-corrected chi connectivity index (χ2v) is 6.39. The summed E-state index contributed by atoms with van der Waals surface area (Å²) in [6, 6.07) is 7.79. The normalized spacial score (nSPS) is 12.4. The van der Waals surface area contributed by atoms with Gasteiger partial charge in [0, 0.05) is 10.7 Å². The first-order valence-corrected chi connectivity index (χ1v) is 8.51. The van der Waals surface area contributed by atoms with E-state index in [0.717, 1.165) is 5.56 Å². The van der Waals surface area contributed by atoms with Gasteiger partial charge in [0.15, 0.2) is 0 Å². The predicted molar refractivity (Wildman–Crippen MR) is 95.8 cm³/mol. The molecule has 0 saturated heterocycles. The average molecular weight is 395 g/mol. The van der Waals surface area contributed by atoms with Gasteiger partial charge in [-0.15, -0.1) is 5.10 Å². The van der Waals surface area contributed by atoms with Crippen LogP contribution < -0.4 is 5.32 Å². The van der Waals surface area contributed by atoms with Crippen LogP contribution in [0.5, 0.6) is 0 Å². The highest BCUT2D eigenvalue weighted by molar-refractivity contribution is 6.31. The number of carbonyl (C=O) groups excluding carboxylic acids is 1. The number of anilines is 1. The fourth-order valence-corrected chi connectivity index (χ4v) is 2.76. The van der Waals surface area contributed by atoms with Gasteiger partial charge in [-0.1, -0.05) is 29.8 Å². The molecule has 1 N–H and O–H groups in total. The van der Waals surface area contributed by atoms with Gasteiger partial charge >= 0.3 is 0 Å². The number of benzene rings is 1. The second-order valence-electron chi connectivity index (χ2n) is 5.98. The highest BCUT2D eigenvalue weighted by Crippen LogP contribution is 2.21. The molecule has 2 aromatic heterocycles. The fourth-order valence-electron chi connectivity index (χ4n) is 2.57. The van der Waals surface area contributed by atoms with E-state index in [2.05, 4.69) is 20.5 Å². The zero-order valence-corrected chi connectivity index (χ0v) is 15.4. The molecule has 0 spiro atoms. The number of carbonyl (C=O) groups is 1. The van der Waals surface area contributed by atoms with Crippen molar-refractivity contribution in [1.82, 2.24) is 24.5 Å². The summed E-state index contributed by atoms with van der Waals surface area (Å²) in [4.78, 5) is 16.4. The molecular weight excluding hydrogens is 378 g/mol. The standard InChI is InChI=1S/C17H17ClF2N6O/c1-10-7-14(15(19)20)23-26(10)11(2)16(27)22-17-21-9-25(24-17)8-12-5-3-4-6-13(12)18/h3-7,9,11,15H,8H2,1-2H3,(H,22,24,27). The number of rotatable bonds is 6. The topological polar surface area (TPSA) is 77.6 Å². The second kappa shape index (κ2) is 7.83. The third kappa shape index (κ3) is 4.30. The average Bonchev–Trinajstić information content (AvgIpc) is 3.23. The van der Waals surface area contributed by atoms with E-state index in [1.165, 1.54) is 21.8 Å². The molecular formula is C17H17ClF2N6O. The van der Waals surface area contributed by atoms with E-state index in [0.29, 0.717) is 17.3 Å². The summed E-state index contributed by atoms with van der Waals surface area (Å²) in [7, 11) is 0. The molecule has 0 aliphatic rings. The molecule has 1 aromatic carbocycles. The van der Waals surface area contributed by atoms with E-state index in [-0.39, 0.29) is 11.6 Å². The smallest absolute Gasteiger partial charge is 0.282 e. The molecule has 1 atom stereocenters. The van der Waals surface area contributed by atoms with Crippen molar-refractivity contribution in [1.29, 1.82) is 0 Å². The maximum Gasteiger partial charge on any atom is 0.282 e. The maximum absolute atomic E-state index is 12.8. The highest BCUT2D eigenvalue weighted by Gasteiger charge is 2.22. The van der Waals surface area contributed by atoms with Crippen molar-refractivity contribution < 1.29 is 13.6 Å². The van der Waals surface area contributed by atoms with Crippen LogP contribution >= 0.6 is 11.6 Å². The van der Waals surface area contributed by atoms with Crippen LogP contribution in [0, 0.1) is 6.92 Å². The van der Waals surface area contributed by atoms with Crippen LogP contribution in [0.1, 0.15) is 36.3 Å². The lowest BCUT2D eigenvalue weighted by Gasteiger charge is -2.12. The van der Waals surface area contributed by atoms with E-state index >= 15 is 0 Å². The molecule has 0 bridgehead atoms. The van der Waals surface area contributed by atoms with Crippen molar-refractivity contribution >= 4 is 23.5 Å². The Kier molecular flexibility index (Phi) is 5.50. The predicted octanol–water partition coefficient (Wildman–Crippen LogP) is 3.62. The number of halogens is 3. The number of alkyl halides is 2. The van der Waals surface area contributed by atoms with Crippen LogP contribution in [0.25, 0.3) is 0 Å². The Hall–Kier alpha value is -2.81. The monoisotopic (exact) mass is 394 g/mol. The molecule has 0 aliphatic carbocycles. The molecule has 1 amide bonds. The molecule has 0 saturated carbocycles. The summed E-state index contributed by atoms with van der Waals surface area (Å²) in [5.74, 6) is -0.352. The van der Waals surface area contributed by atoms with Crippen molar-refractivity contribution in [2.45, 2.75) is 32.9 Å². The third-order valence-electron chi connectivity index (χ3n) is 3.97. The van der Waals surface area contributed by atoms with Crippen molar-refractivity contribution in [2.75, 3.05) is 5.32 Å². The number of amides is 1. The molecule has 1 unspecified atom stereocenters. The molecule has 2 heterocycles. The molecule has 0 radical (unpaired) electrons. The first-order valence-electron chi connectivity index (χ1n) is 8.13. The molecule has 142 valence electrons. The van der Waals surface area contributed by atoms with E-state index in [1.54, 1.807) is 19.9 Å². The Balaban J connectivity index is 1.68. The summed E-state index contributed by atoms with van der Waals surface area (Å²) in [6.07, 6.45) is -1.22. The molecule has 3 rings (SSSR count). The van der Waals surface area contributed by atoms with E-state index in [1.807, 2.05) is 18.2 Å². The minimum atomic E-state index is -2.69. The first kappa shape index (κ1) is 19.0. The third-order valence-corrected chi connectivity index (χ3v) is 4.34. The number of hydrogen-bond acceptors (Lipinski definition) is 4. The van der Waals surface area contributed by atoms with Gasteiger partial charge in [-0.3, -0.25) is 14.8 Å². The lowest BCUT2D eigenvalue weighted by atomic mass is 10.2.